The van der Waals surface area contributed by atoms with Crippen molar-refractivity contribution < 1.29 is 23.9 Å². The summed E-state index contributed by atoms with van der Waals surface area (Å²) in [6.07, 6.45) is 1.03. The Kier molecular flexibility index (Phi) is 8.10. The number of fused-ring (bicyclic) bond motifs is 2. The first-order valence-corrected chi connectivity index (χ1v) is 12.4. The first kappa shape index (κ1) is 25.5. The monoisotopic (exact) mass is 494 g/mol. The fraction of sp³-hybridized carbons (Fsp3) is 0.444. The Morgan fingerprint density at radius 3 is 2.67 bits per heavy atom. The highest BCUT2D eigenvalue weighted by atomic mass is 16.5. The van der Waals surface area contributed by atoms with Crippen molar-refractivity contribution >= 4 is 23.5 Å². The molecule has 0 spiro atoms. The van der Waals surface area contributed by atoms with Gasteiger partial charge in [0.25, 0.3) is 5.91 Å². The van der Waals surface area contributed by atoms with Crippen molar-refractivity contribution in [1.29, 1.82) is 0 Å². The molecule has 0 radical (unpaired) electrons. The molecule has 9 nitrogen and oxygen atoms in total. The van der Waals surface area contributed by atoms with Crippen LogP contribution in [0, 0.1) is 0 Å². The lowest BCUT2D eigenvalue weighted by molar-refractivity contribution is -0.134. The van der Waals surface area contributed by atoms with Crippen LogP contribution in [0.5, 0.6) is 5.75 Å². The predicted molar refractivity (Wildman–Crippen MR) is 136 cm³/mol. The number of anilines is 1. The van der Waals surface area contributed by atoms with Crippen molar-refractivity contribution in [3.63, 3.8) is 0 Å². The van der Waals surface area contributed by atoms with E-state index in [0.29, 0.717) is 36.4 Å². The molecule has 0 aromatic heterocycles. The molecule has 4 rings (SSSR count). The second kappa shape index (κ2) is 11.4. The standard InChI is InChI=1S/C27H34N4O5/c1-4-28-27(34)30-19-10-13-23-21(14-19)26(33)31(3)22-12-11-20(36-24(22)16-35-23)15-25(32)29-17(2)18-8-6-5-7-9-18/h5-10,13-14,17,20,22,24H,4,11-12,15-16H2,1-3H3,(H,29,32)(H2,28,30,34)/t17-,20+,22+,24+/m1/s1. The van der Waals surface area contributed by atoms with Gasteiger partial charge in [0, 0.05) is 19.3 Å². The molecule has 1 fully saturated rings. The smallest absolute Gasteiger partial charge is 0.319 e. The molecule has 0 aliphatic carbocycles. The fourth-order valence-corrected chi connectivity index (χ4v) is 4.77. The molecular weight excluding hydrogens is 460 g/mol. The minimum absolute atomic E-state index is 0.0662. The average molecular weight is 495 g/mol. The quantitative estimate of drug-likeness (QED) is 0.570. The van der Waals surface area contributed by atoms with E-state index < -0.39 is 0 Å². The molecule has 0 unspecified atom stereocenters. The summed E-state index contributed by atoms with van der Waals surface area (Å²) in [4.78, 5) is 39.6. The third-order valence-corrected chi connectivity index (χ3v) is 6.70. The second-order valence-electron chi connectivity index (χ2n) is 9.27. The van der Waals surface area contributed by atoms with Crippen LogP contribution in [-0.2, 0) is 9.53 Å². The Morgan fingerprint density at radius 1 is 1.14 bits per heavy atom. The highest BCUT2D eigenvalue weighted by Crippen LogP contribution is 2.32. The Morgan fingerprint density at radius 2 is 1.92 bits per heavy atom. The molecule has 2 aromatic carbocycles. The molecule has 3 N–H and O–H groups in total. The number of likely N-dealkylation sites (N-methyl/N-ethyl adjacent to an activating group) is 1. The maximum atomic E-state index is 13.3. The largest absolute Gasteiger partial charge is 0.490 e. The van der Waals surface area contributed by atoms with Gasteiger partial charge in [-0.2, -0.15) is 0 Å². The maximum Gasteiger partial charge on any atom is 0.319 e. The molecule has 2 heterocycles. The van der Waals surface area contributed by atoms with Crippen LogP contribution in [0.25, 0.3) is 0 Å². The van der Waals surface area contributed by atoms with Crippen molar-refractivity contribution in [2.75, 3.05) is 25.5 Å². The molecule has 2 aliphatic heterocycles. The first-order valence-electron chi connectivity index (χ1n) is 12.4. The minimum Gasteiger partial charge on any atom is -0.490 e. The van der Waals surface area contributed by atoms with E-state index in [9.17, 15) is 14.4 Å². The molecule has 0 bridgehead atoms. The number of nitrogens with one attached hydrogen (secondary N) is 3. The van der Waals surface area contributed by atoms with E-state index >= 15 is 0 Å². The SMILES string of the molecule is CCNC(=O)Nc1ccc2c(c1)C(=O)N(C)[C@H]1CC[C@@H](CC(=O)N[C@H](C)c3ccccc3)O[C@H]1CO2. The summed E-state index contributed by atoms with van der Waals surface area (Å²) in [6.45, 7) is 4.55. The lowest BCUT2D eigenvalue weighted by Crippen LogP contribution is -2.54. The van der Waals surface area contributed by atoms with Gasteiger partial charge < -0.3 is 30.3 Å². The van der Waals surface area contributed by atoms with E-state index in [1.54, 1.807) is 30.1 Å². The van der Waals surface area contributed by atoms with Gasteiger partial charge in [0.2, 0.25) is 5.91 Å². The van der Waals surface area contributed by atoms with E-state index in [1.807, 2.05) is 44.2 Å². The van der Waals surface area contributed by atoms with Crippen LogP contribution in [0.2, 0.25) is 0 Å². The molecule has 36 heavy (non-hydrogen) atoms. The topological polar surface area (TPSA) is 109 Å². The first-order chi connectivity index (χ1) is 17.4. The average Bonchev–Trinajstić information content (AvgIpc) is 2.87. The molecule has 2 aromatic rings. The van der Waals surface area contributed by atoms with E-state index in [4.69, 9.17) is 9.47 Å². The van der Waals surface area contributed by atoms with E-state index in [1.165, 1.54) is 0 Å². The third-order valence-electron chi connectivity index (χ3n) is 6.70. The van der Waals surface area contributed by atoms with Crippen LogP contribution in [0.1, 0.15) is 55.1 Å². The van der Waals surface area contributed by atoms with Crippen molar-refractivity contribution in [2.45, 2.75) is 57.4 Å². The van der Waals surface area contributed by atoms with Crippen LogP contribution in [-0.4, -0.2) is 61.2 Å². The predicted octanol–water partition coefficient (Wildman–Crippen LogP) is 3.48. The highest BCUT2D eigenvalue weighted by Gasteiger charge is 2.39. The van der Waals surface area contributed by atoms with Crippen molar-refractivity contribution in [3.8, 4) is 5.75 Å². The second-order valence-corrected chi connectivity index (χ2v) is 9.27. The van der Waals surface area contributed by atoms with Gasteiger partial charge in [-0.3, -0.25) is 9.59 Å². The number of urea groups is 1. The molecule has 0 saturated carbocycles. The number of hydrogen-bond donors (Lipinski definition) is 3. The Hall–Kier alpha value is -3.59. The van der Waals surface area contributed by atoms with Gasteiger partial charge in [-0.05, 0) is 50.5 Å². The molecule has 192 valence electrons. The van der Waals surface area contributed by atoms with Crippen LogP contribution in [0.4, 0.5) is 10.5 Å². The van der Waals surface area contributed by atoms with Gasteiger partial charge >= 0.3 is 6.03 Å². The number of benzene rings is 2. The van der Waals surface area contributed by atoms with Crippen LogP contribution >= 0.6 is 0 Å². The van der Waals surface area contributed by atoms with E-state index in [0.717, 1.165) is 5.56 Å². The summed E-state index contributed by atoms with van der Waals surface area (Å²) in [7, 11) is 1.76. The van der Waals surface area contributed by atoms with Crippen LogP contribution in [0.3, 0.4) is 0 Å². The fourth-order valence-electron chi connectivity index (χ4n) is 4.77. The highest BCUT2D eigenvalue weighted by molar-refractivity contribution is 5.99. The number of ether oxygens (including phenoxy) is 2. The number of hydrogen-bond acceptors (Lipinski definition) is 5. The van der Waals surface area contributed by atoms with Crippen molar-refractivity contribution in [2.24, 2.45) is 0 Å². The zero-order chi connectivity index (χ0) is 25.7. The number of amides is 4. The molecule has 4 amide bonds. The summed E-state index contributed by atoms with van der Waals surface area (Å²) >= 11 is 0. The van der Waals surface area contributed by atoms with Gasteiger partial charge in [-0.15, -0.1) is 0 Å². The van der Waals surface area contributed by atoms with Gasteiger partial charge in [-0.1, -0.05) is 30.3 Å². The number of rotatable bonds is 6. The molecule has 2 aliphatic rings. The van der Waals surface area contributed by atoms with Gasteiger partial charge in [-0.25, -0.2) is 4.79 Å². The molecule has 9 heteroatoms. The summed E-state index contributed by atoms with van der Waals surface area (Å²) in [5.74, 6) is 0.172. The van der Waals surface area contributed by atoms with Gasteiger partial charge in [0.05, 0.1) is 30.2 Å². The number of carbonyl (C=O) groups is 3. The summed E-state index contributed by atoms with van der Waals surface area (Å²) < 4.78 is 12.3. The molecule has 4 atom stereocenters. The Bertz CT molecular complexity index is 1090. The zero-order valence-corrected chi connectivity index (χ0v) is 21.0. The molecule has 1 saturated heterocycles. The van der Waals surface area contributed by atoms with Gasteiger partial charge in [0.15, 0.2) is 0 Å². The lowest BCUT2D eigenvalue weighted by atomic mass is 9.94. The normalized spacial score (nSPS) is 22.1. The van der Waals surface area contributed by atoms with Crippen LogP contribution < -0.4 is 20.7 Å². The minimum atomic E-state index is -0.349. The van der Waals surface area contributed by atoms with Gasteiger partial charge in [0.1, 0.15) is 18.5 Å². The molecular formula is C27H34N4O5. The van der Waals surface area contributed by atoms with E-state index in [2.05, 4.69) is 16.0 Å². The summed E-state index contributed by atoms with van der Waals surface area (Å²) in [6, 6.07) is 14.2. The van der Waals surface area contributed by atoms with Crippen LogP contribution in [0.15, 0.2) is 48.5 Å². The lowest BCUT2D eigenvalue weighted by Gasteiger charge is -2.42. The number of carbonyl (C=O) groups excluding carboxylic acids is 3. The zero-order valence-electron chi connectivity index (χ0n) is 21.0. The Balaban J connectivity index is 1.39. The van der Waals surface area contributed by atoms with Crippen molar-refractivity contribution in [1.82, 2.24) is 15.5 Å². The Labute approximate surface area is 211 Å². The number of nitrogens with zero attached hydrogens (tertiary/aromatic N) is 1. The third kappa shape index (κ3) is 5.96. The van der Waals surface area contributed by atoms with Crippen molar-refractivity contribution in [3.05, 3.63) is 59.7 Å². The summed E-state index contributed by atoms with van der Waals surface area (Å²) in [5, 5.41) is 8.44. The maximum absolute atomic E-state index is 13.3. The van der Waals surface area contributed by atoms with E-state index in [-0.39, 0.29) is 55.2 Å². The summed E-state index contributed by atoms with van der Waals surface area (Å²) in [5.41, 5.74) is 1.95.